The molecule has 0 aliphatic rings. The largest absolute Gasteiger partial charge is 0.497 e. The second kappa shape index (κ2) is 15.5. The minimum absolute atomic E-state index is 0.164. The molecule has 1 atom stereocenters. The zero-order chi connectivity index (χ0) is 30.6. The average Bonchev–Trinajstić information content (AvgIpc) is 3.04. The van der Waals surface area contributed by atoms with Crippen LogP contribution in [0.2, 0.25) is 5.02 Å². The molecule has 0 heterocycles. The summed E-state index contributed by atoms with van der Waals surface area (Å²) in [5.41, 5.74) is 2.46. The summed E-state index contributed by atoms with van der Waals surface area (Å²) in [5.74, 6) is 1.63. The highest BCUT2D eigenvalue weighted by atomic mass is 35.5. The Bertz CT molecular complexity index is 1500. The lowest BCUT2D eigenvalue weighted by Gasteiger charge is -2.31. The third kappa shape index (κ3) is 8.42. The molecule has 0 unspecified atom stereocenters. The van der Waals surface area contributed by atoms with Gasteiger partial charge in [0.25, 0.3) is 5.91 Å². The van der Waals surface area contributed by atoms with Crippen molar-refractivity contribution in [2.24, 2.45) is 0 Å². The third-order valence-electron chi connectivity index (χ3n) is 6.86. The number of ether oxygens (including phenoxy) is 4. The number of carbonyl (C=O) groups excluding carboxylic acids is 2. The minimum atomic E-state index is -0.920. The zero-order valence-electron chi connectivity index (χ0n) is 24.4. The van der Waals surface area contributed by atoms with Crippen molar-refractivity contribution in [3.63, 3.8) is 0 Å². The first-order chi connectivity index (χ1) is 20.9. The molecule has 0 aliphatic heterocycles. The fraction of sp³-hybridized carbons (Fsp3) is 0.235. The van der Waals surface area contributed by atoms with E-state index in [2.05, 4.69) is 5.32 Å². The van der Waals surface area contributed by atoms with E-state index in [9.17, 15) is 9.59 Å². The Labute approximate surface area is 257 Å². The van der Waals surface area contributed by atoms with Crippen molar-refractivity contribution in [3.05, 3.63) is 119 Å². The van der Waals surface area contributed by atoms with Crippen molar-refractivity contribution in [1.29, 1.82) is 0 Å². The molecule has 9 heteroatoms. The number of nitrogens with one attached hydrogen (secondary N) is 1. The Hall–Kier alpha value is -4.69. The van der Waals surface area contributed by atoms with E-state index in [0.717, 1.165) is 11.1 Å². The van der Waals surface area contributed by atoms with E-state index in [-0.39, 0.29) is 25.0 Å². The number of methoxy groups -OCH3 is 3. The second-order valence-corrected chi connectivity index (χ2v) is 10.0. The van der Waals surface area contributed by atoms with Gasteiger partial charge in [-0.25, -0.2) is 0 Å². The molecule has 4 rings (SSSR count). The Kier molecular flexibility index (Phi) is 11.3. The molecule has 0 aliphatic carbocycles. The molecule has 0 saturated heterocycles. The second-order valence-electron chi connectivity index (χ2n) is 9.63. The van der Waals surface area contributed by atoms with E-state index < -0.39 is 6.04 Å². The lowest BCUT2D eigenvalue weighted by molar-refractivity contribution is -0.143. The maximum atomic E-state index is 13.9. The lowest BCUT2D eigenvalue weighted by atomic mass is 10.0. The van der Waals surface area contributed by atoms with E-state index >= 15 is 0 Å². The highest BCUT2D eigenvalue weighted by Crippen LogP contribution is 2.29. The van der Waals surface area contributed by atoms with E-state index in [4.69, 9.17) is 30.5 Å². The van der Waals surface area contributed by atoms with Gasteiger partial charge in [0, 0.05) is 13.1 Å². The van der Waals surface area contributed by atoms with Crippen LogP contribution in [-0.4, -0.2) is 51.2 Å². The molecule has 224 valence electrons. The van der Waals surface area contributed by atoms with Crippen LogP contribution >= 0.6 is 11.6 Å². The van der Waals surface area contributed by atoms with Crippen LogP contribution in [0.25, 0.3) is 0 Å². The molecule has 2 amide bonds. The van der Waals surface area contributed by atoms with Gasteiger partial charge in [-0.15, -0.1) is 0 Å². The van der Waals surface area contributed by atoms with Gasteiger partial charge in [-0.05, 0) is 59.5 Å². The highest BCUT2D eigenvalue weighted by Gasteiger charge is 2.32. The maximum Gasteiger partial charge on any atom is 0.261 e. The normalized spacial score (nSPS) is 11.3. The number of hydrogen-bond acceptors (Lipinski definition) is 6. The SMILES string of the molecule is COc1ccc(CN(C(=O)COc2ccccc2Cl)[C@H](C(=O)NCCc2ccc(OC)c(OC)c2)c2ccccc2)cc1. The van der Waals surface area contributed by atoms with Gasteiger partial charge in [0.05, 0.1) is 26.4 Å². The van der Waals surface area contributed by atoms with Gasteiger partial charge in [0.1, 0.15) is 17.5 Å². The summed E-state index contributed by atoms with van der Waals surface area (Å²) in [7, 11) is 4.76. The Balaban J connectivity index is 1.59. The van der Waals surface area contributed by atoms with Gasteiger partial charge in [0.2, 0.25) is 5.91 Å². The van der Waals surface area contributed by atoms with Crippen LogP contribution < -0.4 is 24.3 Å². The number of benzene rings is 4. The predicted molar refractivity (Wildman–Crippen MR) is 166 cm³/mol. The van der Waals surface area contributed by atoms with Crippen molar-refractivity contribution in [1.82, 2.24) is 10.2 Å². The fourth-order valence-electron chi connectivity index (χ4n) is 4.61. The Morgan fingerprint density at radius 2 is 1.44 bits per heavy atom. The molecule has 4 aromatic rings. The lowest BCUT2D eigenvalue weighted by Crippen LogP contribution is -2.45. The Morgan fingerprint density at radius 3 is 2.12 bits per heavy atom. The topological polar surface area (TPSA) is 86.3 Å². The van der Waals surface area contributed by atoms with E-state index in [1.807, 2.05) is 72.8 Å². The zero-order valence-corrected chi connectivity index (χ0v) is 25.2. The Morgan fingerprint density at radius 1 is 0.767 bits per heavy atom. The summed E-state index contributed by atoms with van der Waals surface area (Å²) in [6.07, 6.45) is 0.551. The third-order valence-corrected chi connectivity index (χ3v) is 7.17. The number of rotatable bonds is 14. The van der Waals surface area contributed by atoms with Gasteiger partial charge < -0.3 is 29.2 Å². The molecule has 0 spiro atoms. The maximum absolute atomic E-state index is 13.9. The summed E-state index contributed by atoms with van der Waals surface area (Å²) in [4.78, 5) is 29.2. The molecule has 0 bridgehead atoms. The van der Waals surface area contributed by atoms with Crippen molar-refractivity contribution < 1.29 is 28.5 Å². The van der Waals surface area contributed by atoms with Gasteiger partial charge >= 0.3 is 0 Å². The number of halogens is 1. The van der Waals surface area contributed by atoms with Crippen LogP contribution in [0.1, 0.15) is 22.7 Å². The first-order valence-electron chi connectivity index (χ1n) is 13.8. The number of hydrogen-bond donors (Lipinski definition) is 1. The quantitative estimate of drug-likeness (QED) is 0.194. The molecular weight excluding hydrogens is 568 g/mol. The summed E-state index contributed by atoms with van der Waals surface area (Å²) in [6.45, 7) is 0.206. The van der Waals surface area contributed by atoms with Gasteiger partial charge in [-0.2, -0.15) is 0 Å². The number of para-hydroxylation sites is 1. The van der Waals surface area contributed by atoms with Crippen LogP contribution in [0, 0.1) is 0 Å². The van der Waals surface area contributed by atoms with Crippen LogP contribution in [-0.2, 0) is 22.6 Å². The summed E-state index contributed by atoms with van der Waals surface area (Å²) >= 11 is 6.26. The van der Waals surface area contributed by atoms with Gasteiger partial charge in [0.15, 0.2) is 18.1 Å². The summed E-state index contributed by atoms with van der Waals surface area (Å²) in [5, 5.41) is 3.42. The molecule has 0 fully saturated rings. The number of nitrogens with zero attached hydrogens (tertiary/aromatic N) is 1. The molecule has 43 heavy (non-hydrogen) atoms. The van der Waals surface area contributed by atoms with Crippen molar-refractivity contribution in [2.75, 3.05) is 34.5 Å². The molecule has 8 nitrogen and oxygen atoms in total. The predicted octanol–water partition coefficient (Wildman–Crippen LogP) is 5.87. The first-order valence-corrected chi connectivity index (χ1v) is 14.1. The smallest absolute Gasteiger partial charge is 0.261 e. The monoisotopic (exact) mass is 602 g/mol. The number of amides is 2. The van der Waals surface area contributed by atoms with Gasteiger partial charge in [-0.3, -0.25) is 9.59 Å². The molecule has 4 aromatic carbocycles. The standard InChI is InChI=1S/C34H35ClN2O6/c1-40-27-16-13-25(14-17-27)22-37(32(38)23-43-29-12-8-7-11-28(29)35)33(26-9-5-4-6-10-26)34(39)36-20-19-24-15-18-30(41-2)31(21-24)42-3/h4-18,21,33H,19-20,22-23H2,1-3H3,(H,36,39)/t33-/m0/s1. The van der Waals surface area contributed by atoms with Crippen molar-refractivity contribution in [2.45, 2.75) is 19.0 Å². The van der Waals surface area contributed by atoms with Crippen LogP contribution in [0.3, 0.4) is 0 Å². The van der Waals surface area contributed by atoms with Gasteiger partial charge in [-0.1, -0.05) is 72.3 Å². The summed E-state index contributed by atoms with van der Waals surface area (Å²) < 4.78 is 21.8. The fourth-order valence-corrected chi connectivity index (χ4v) is 4.80. The molecular formula is C34H35ClN2O6. The van der Waals surface area contributed by atoms with Crippen LogP contribution in [0.4, 0.5) is 0 Å². The molecule has 0 saturated carbocycles. The minimum Gasteiger partial charge on any atom is -0.497 e. The first kappa shape index (κ1) is 31.3. The van der Waals surface area contributed by atoms with E-state index in [0.29, 0.717) is 46.5 Å². The molecule has 0 radical (unpaired) electrons. The van der Waals surface area contributed by atoms with E-state index in [1.165, 1.54) is 4.90 Å². The average molecular weight is 603 g/mol. The van der Waals surface area contributed by atoms with E-state index in [1.54, 1.807) is 45.6 Å². The van der Waals surface area contributed by atoms with Crippen molar-refractivity contribution in [3.8, 4) is 23.0 Å². The van der Waals surface area contributed by atoms with Crippen LogP contribution in [0.15, 0.2) is 97.1 Å². The van der Waals surface area contributed by atoms with Crippen LogP contribution in [0.5, 0.6) is 23.0 Å². The van der Waals surface area contributed by atoms with Crippen molar-refractivity contribution >= 4 is 23.4 Å². The molecule has 1 N–H and O–H groups in total. The summed E-state index contributed by atoms with van der Waals surface area (Å²) in [6, 6.07) is 28.2. The highest BCUT2D eigenvalue weighted by molar-refractivity contribution is 6.32. The number of carbonyl (C=O) groups is 2. The molecule has 0 aromatic heterocycles.